The molecule has 22 heavy (non-hydrogen) atoms. The number of benzene rings is 1. The van der Waals surface area contributed by atoms with Gasteiger partial charge in [-0.05, 0) is 24.6 Å². The van der Waals surface area contributed by atoms with Crippen molar-refractivity contribution in [2.75, 3.05) is 26.8 Å². The fraction of sp³-hybridized carbons (Fsp3) is 0.429. The van der Waals surface area contributed by atoms with Crippen molar-refractivity contribution in [3.05, 3.63) is 27.7 Å². The van der Waals surface area contributed by atoms with Gasteiger partial charge in [0.1, 0.15) is 5.75 Å². The van der Waals surface area contributed by atoms with Crippen molar-refractivity contribution in [3.63, 3.8) is 0 Å². The third-order valence-corrected chi connectivity index (χ3v) is 3.39. The van der Waals surface area contributed by atoms with Gasteiger partial charge in [0.2, 0.25) is 5.91 Å². The van der Waals surface area contributed by atoms with Crippen molar-refractivity contribution in [3.8, 4) is 5.75 Å². The lowest BCUT2D eigenvalue weighted by molar-refractivity contribution is -0.121. The Kier molecular flexibility index (Phi) is 8.69. The fourth-order valence-corrected chi connectivity index (χ4v) is 2.26. The summed E-state index contributed by atoms with van der Waals surface area (Å²) in [5.74, 6) is 0.490. The molecule has 0 fully saturated rings. The number of hydrogen-bond acceptors (Lipinski definition) is 4. The van der Waals surface area contributed by atoms with E-state index in [0.29, 0.717) is 43.3 Å². The summed E-state index contributed by atoms with van der Waals surface area (Å²) < 4.78 is 10.8. The highest BCUT2D eigenvalue weighted by molar-refractivity contribution is 9.10. The van der Waals surface area contributed by atoms with Crippen LogP contribution in [-0.4, -0.2) is 38.8 Å². The van der Waals surface area contributed by atoms with Crippen LogP contribution in [0.25, 0.3) is 0 Å². The Bertz CT molecular complexity index is 514. The van der Waals surface area contributed by atoms with E-state index in [0.717, 1.165) is 4.47 Å². The van der Waals surface area contributed by atoms with Gasteiger partial charge in [-0.2, -0.15) is 0 Å². The summed E-state index contributed by atoms with van der Waals surface area (Å²) in [6, 6.07) is 5.35. The van der Waals surface area contributed by atoms with Gasteiger partial charge in [0.25, 0.3) is 0 Å². The lowest BCUT2D eigenvalue weighted by atomic mass is 10.3. The number of alkyl carbamates (subject to hydrolysis) is 1. The Morgan fingerprint density at radius 3 is 2.68 bits per heavy atom. The molecular formula is C14H18BrClN2O4. The molecule has 0 radical (unpaired) electrons. The van der Waals surface area contributed by atoms with Gasteiger partial charge in [0.05, 0.1) is 18.7 Å². The largest absolute Gasteiger partial charge is 0.492 e. The van der Waals surface area contributed by atoms with E-state index >= 15 is 0 Å². The molecule has 0 aliphatic heterocycles. The van der Waals surface area contributed by atoms with Crippen molar-refractivity contribution in [1.82, 2.24) is 10.6 Å². The Labute approximate surface area is 142 Å². The van der Waals surface area contributed by atoms with Gasteiger partial charge in [0.15, 0.2) is 0 Å². The fourth-order valence-electron chi connectivity index (χ4n) is 1.53. The third-order valence-electron chi connectivity index (χ3n) is 2.60. The first-order chi connectivity index (χ1) is 10.5. The average Bonchev–Trinajstić information content (AvgIpc) is 2.49. The second-order valence-corrected chi connectivity index (χ2v) is 5.62. The van der Waals surface area contributed by atoms with Crippen LogP contribution in [0.15, 0.2) is 22.7 Å². The second kappa shape index (κ2) is 10.3. The molecule has 0 saturated heterocycles. The van der Waals surface area contributed by atoms with Gasteiger partial charge in [-0.3, -0.25) is 4.79 Å². The van der Waals surface area contributed by atoms with Crippen LogP contribution in [0.4, 0.5) is 4.79 Å². The summed E-state index contributed by atoms with van der Waals surface area (Å²) in [6.45, 7) is 1.08. The molecular weight excluding hydrogens is 376 g/mol. The lowest BCUT2D eigenvalue weighted by Crippen LogP contribution is -2.34. The zero-order chi connectivity index (χ0) is 16.4. The van der Waals surface area contributed by atoms with E-state index in [4.69, 9.17) is 16.3 Å². The van der Waals surface area contributed by atoms with Crippen molar-refractivity contribution in [1.29, 1.82) is 0 Å². The van der Waals surface area contributed by atoms with Crippen LogP contribution in [-0.2, 0) is 9.53 Å². The predicted octanol–water partition coefficient (Wildman–Crippen LogP) is 2.73. The molecule has 0 unspecified atom stereocenters. The second-order valence-electron chi connectivity index (χ2n) is 4.30. The molecule has 122 valence electrons. The number of carbonyl (C=O) groups is 2. The zero-order valence-electron chi connectivity index (χ0n) is 12.2. The maximum atomic E-state index is 11.5. The first kappa shape index (κ1) is 18.6. The Hall–Kier alpha value is -1.47. The van der Waals surface area contributed by atoms with Crippen LogP contribution in [0.3, 0.4) is 0 Å². The van der Waals surface area contributed by atoms with Crippen molar-refractivity contribution >= 4 is 39.5 Å². The molecule has 0 spiro atoms. The van der Waals surface area contributed by atoms with Crippen molar-refractivity contribution < 1.29 is 19.1 Å². The first-order valence-electron chi connectivity index (χ1n) is 6.69. The molecule has 0 atom stereocenters. The normalized spacial score (nSPS) is 9.95. The van der Waals surface area contributed by atoms with E-state index in [1.807, 2.05) is 6.07 Å². The van der Waals surface area contributed by atoms with Gasteiger partial charge in [-0.1, -0.05) is 27.5 Å². The van der Waals surface area contributed by atoms with E-state index in [2.05, 4.69) is 31.3 Å². The standard InChI is InChI=1S/C14H18BrClN2O4/c1-21-14(20)18-7-6-17-13(19)3-2-8-22-12-5-4-10(15)9-11(12)16/h4-5,9H,2-3,6-8H2,1H3,(H,17,19)(H,18,20). The van der Waals surface area contributed by atoms with Crippen LogP contribution >= 0.6 is 27.5 Å². The Morgan fingerprint density at radius 1 is 1.27 bits per heavy atom. The molecule has 6 nitrogen and oxygen atoms in total. The molecule has 0 aromatic heterocycles. The van der Waals surface area contributed by atoms with E-state index < -0.39 is 6.09 Å². The topological polar surface area (TPSA) is 76.7 Å². The molecule has 0 bridgehead atoms. The quantitative estimate of drug-likeness (QED) is 0.666. The molecule has 2 amide bonds. The molecule has 1 aromatic carbocycles. The number of amides is 2. The molecule has 0 aliphatic rings. The minimum atomic E-state index is -0.519. The third kappa shape index (κ3) is 7.51. The van der Waals surface area contributed by atoms with Gasteiger partial charge in [-0.15, -0.1) is 0 Å². The maximum Gasteiger partial charge on any atom is 0.406 e. The highest BCUT2D eigenvalue weighted by Gasteiger charge is 2.04. The summed E-state index contributed by atoms with van der Waals surface area (Å²) in [6.07, 6.45) is 0.392. The number of ether oxygens (including phenoxy) is 2. The van der Waals surface area contributed by atoms with Crippen LogP contribution < -0.4 is 15.4 Å². The predicted molar refractivity (Wildman–Crippen MR) is 87.3 cm³/mol. The van der Waals surface area contributed by atoms with Crippen molar-refractivity contribution in [2.45, 2.75) is 12.8 Å². The SMILES string of the molecule is COC(=O)NCCNC(=O)CCCOc1ccc(Br)cc1Cl. The van der Waals surface area contributed by atoms with Gasteiger partial charge in [-0.25, -0.2) is 4.79 Å². The molecule has 0 saturated carbocycles. The summed E-state index contributed by atoms with van der Waals surface area (Å²) in [5.41, 5.74) is 0. The van der Waals surface area contributed by atoms with E-state index in [1.54, 1.807) is 12.1 Å². The average molecular weight is 394 g/mol. The van der Waals surface area contributed by atoms with Gasteiger partial charge in [0, 0.05) is 24.0 Å². The van der Waals surface area contributed by atoms with Gasteiger partial charge >= 0.3 is 6.09 Å². The smallest absolute Gasteiger partial charge is 0.406 e. The highest BCUT2D eigenvalue weighted by atomic mass is 79.9. The number of halogens is 2. The minimum absolute atomic E-state index is 0.0998. The molecule has 1 rings (SSSR count). The maximum absolute atomic E-state index is 11.5. The molecule has 8 heteroatoms. The number of hydrogen-bond donors (Lipinski definition) is 2. The van der Waals surface area contributed by atoms with Crippen molar-refractivity contribution in [2.24, 2.45) is 0 Å². The first-order valence-corrected chi connectivity index (χ1v) is 7.86. The summed E-state index contributed by atoms with van der Waals surface area (Å²) in [5, 5.41) is 5.67. The lowest BCUT2D eigenvalue weighted by Gasteiger charge is -2.09. The number of methoxy groups -OCH3 is 1. The number of rotatable bonds is 8. The minimum Gasteiger partial charge on any atom is -0.492 e. The van der Waals surface area contributed by atoms with Gasteiger partial charge < -0.3 is 20.1 Å². The highest BCUT2D eigenvalue weighted by Crippen LogP contribution is 2.27. The van der Waals surface area contributed by atoms with Crippen LogP contribution in [0, 0.1) is 0 Å². The zero-order valence-corrected chi connectivity index (χ0v) is 14.5. The van der Waals surface area contributed by atoms with Crippen LogP contribution in [0.2, 0.25) is 5.02 Å². The van der Waals surface area contributed by atoms with E-state index in [-0.39, 0.29) is 5.91 Å². The van der Waals surface area contributed by atoms with Crippen LogP contribution in [0.5, 0.6) is 5.75 Å². The summed E-state index contributed by atoms with van der Waals surface area (Å²) in [7, 11) is 1.28. The van der Waals surface area contributed by atoms with Crippen LogP contribution in [0.1, 0.15) is 12.8 Å². The molecule has 0 aliphatic carbocycles. The number of nitrogens with one attached hydrogen (secondary N) is 2. The molecule has 1 aromatic rings. The van der Waals surface area contributed by atoms with E-state index in [1.165, 1.54) is 7.11 Å². The Morgan fingerprint density at radius 2 is 2.00 bits per heavy atom. The molecule has 0 heterocycles. The summed E-state index contributed by atoms with van der Waals surface area (Å²) >= 11 is 9.33. The monoisotopic (exact) mass is 392 g/mol. The Balaban J connectivity index is 2.11. The number of carbonyl (C=O) groups excluding carboxylic acids is 2. The molecule has 2 N–H and O–H groups in total. The summed E-state index contributed by atoms with van der Waals surface area (Å²) in [4.78, 5) is 22.3. The van der Waals surface area contributed by atoms with E-state index in [9.17, 15) is 9.59 Å².